The maximum absolute atomic E-state index is 12.9. The number of benzene rings is 2. The predicted octanol–water partition coefficient (Wildman–Crippen LogP) is 5.14. The highest BCUT2D eigenvalue weighted by molar-refractivity contribution is 5.94. The molecular formula is C25H31F3N4O. The smallest absolute Gasteiger partial charge is 0.325 e. The van der Waals surface area contributed by atoms with Crippen molar-refractivity contribution in [3.8, 4) is 6.07 Å². The van der Waals surface area contributed by atoms with Crippen LogP contribution in [-0.4, -0.2) is 47.9 Å². The third-order valence-electron chi connectivity index (χ3n) is 5.69. The van der Waals surface area contributed by atoms with Crippen LogP contribution in [0.2, 0.25) is 0 Å². The van der Waals surface area contributed by atoms with Gasteiger partial charge >= 0.3 is 6.18 Å². The van der Waals surface area contributed by atoms with Gasteiger partial charge in [0.25, 0.3) is 0 Å². The number of nitrogens with zero attached hydrogens (tertiary/aromatic N) is 3. The van der Waals surface area contributed by atoms with Crippen LogP contribution in [0.4, 0.5) is 18.9 Å². The topological polar surface area (TPSA) is 59.4 Å². The largest absolute Gasteiger partial charge is 0.416 e. The molecule has 2 rings (SSSR count). The van der Waals surface area contributed by atoms with E-state index in [1.807, 2.05) is 17.0 Å². The van der Waals surface area contributed by atoms with Crippen LogP contribution in [0, 0.1) is 11.3 Å². The van der Waals surface area contributed by atoms with Gasteiger partial charge in [-0.1, -0.05) is 26.0 Å². The minimum absolute atomic E-state index is 0.286. The number of nitrogens with one attached hydrogen (secondary N) is 1. The fourth-order valence-corrected chi connectivity index (χ4v) is 3.52. The number of halogens is 3. The van der Waals surface area contributed by atoms with E-state index in [9.17, 15) is 18.0 Å². The van der Waals surface area contributed by atoms with Gasteiger partial charge in [-0.15, -0.1) is 0 Å². The number of hydrogen-bond donors (Lipinski definition) is 1. The van der Waals surface area contributed by atoms with E-state index in [0.717, 1.165) is 43.8 Å². The Labute approximate surface area is 193 Å². The Morgan fingerprint density at radius 2 is 1.64 bits per heavy atom. The van der Waals surface area contributed by atoms with Crippen LogP contribution in [-0.2, 0) is 17.5 Å². The average molecular weight is 461 g/mol. The molecule has 0 bridgehead atoms. The van der Waals surface area contributed by atoms with Crippen LogP contribution in [0.25, 0.3) is 0 Å². The monoisotopic (exact) mass is 460 g/mol. The fraction of sp³-hybridized carbons (Fsp3) is 0.440. The second-order valence-electron chi connectivity index (χ2n) is 7.90. The molecule has 1 N–H and O–H groups in total. The summed E-state index contributed by atoms with van der Waals surface area (Å²) in [4.78, 5) is 17.3. The molecule has 0 saturated heterocycles. The number of alkyl halides is 3. The Morgan fingerprint density at radius 3 is 2.15 bits per heavy atom. The summed E-state index contributed by atoms with van der Waals surface area (Å²) in [6, 6.07) is 13.3. The highest BCUT2D eigenvalue weighted by atomic mass is 19.4. The zero-order valence-electron chi connectivity index (χ0n) is 19.3. The molecule has 1 atom stereocenters. The number of amides is 1. The number of nitriles is 1. The van der Waals surface area contributed by atoms with Crippen LogP contribution in [0.1, 0.15) is 43.9 Å². The standard InChI is InChI=1S/C25H31F3N4O/c1-4-31(5-2)15-6-16-32(18-21-9-7-20(17-29)8-10-21)19(3)24(33)30-23-13-11-22(12-14-23)25(26,27)28/h7-14,19H,4-6,15-16,18H2,1-3H3,(H,30,33). The van der Waals surface area contributed by atoms with Crippen molar-refractivity contribution in [2.24, 2.45) is 0 Å². The van der Waals surface area contributed by atoms with Gasteiger partial charge in [0.15, 0.2) is 0 Å². The fourth-order valence-electron chi connectivity index (χ4n) is 3.52. The molecule has 0 aromatic heterocycles. The van der Waals surface area contributed by atoms with Crippen molar-refractivity contribution in [2.75, 3.05) is 31.5 Å². The first-order valence-corrected chi connectivity index (χ1v) is 11.1. The van der Waals surface area contributed by atoms with Crippen LogP contribution in [0.5, 0.6) is 0 Å². The summed E-state index contributed by atoms with van der Waals surface area (Å²) >= 11 is 0. The van der Waals surface area contributed by atoms with Crippen molar-refractivity contribution in [2.45, 2.75) is 46.0 Å². The number of hydrogen-bond acceptors (Lipinski definition) is 4. The van der Waals surface area contributed by atoms with Crippen molar-refractivity contribution in [3.05, 3.63) is 65.2 Å². The van der Waals surface area contributed by atoms with E-state index in [1.165, 1.54) is 12.1 Å². The molecule has 0 radical (unpaired) electrons. The van der Waals surface area contributed by atoms with Gasteiger partial charge in [0.05, 0.1) is 23.2 Å². The van der Waals surface area contributed by atoms with Gasteiger partial charge in [0.2, 0.25) is 5.91 Å². The minimum atomic E-state index is -4.42. The average Bonchev–Trinajstić information content (AvgIpc) is 2.80. The van der Waals surface area contributed by atoms with E-state index in [4.69, 9.17) is 5.26 Å². The highest BCUT2D eigenvalue weighted by Crippen LogP contribution is 2.29. The van der Waals surface area contributed by atoms with Gasteiger partial charge in [-0.3, -0.25) is 9.69 Å². The molecule has 8 heteroatoms. The van der Waals surface area contributed by atoms with E-state index in [2.05, 4.69) is 30.1 Å². The predicted molar refractivity (Wildman–Crippen MR) is 124 cm³/mol. The summed E-state index contributed by atoms with van der Waals surface area (Å²) in [6.07, 6.45) is -3.55. The van der Waals surface area contributed by atoms with Gasteiger partial charge in [-0.25, -0.2) is 0 Å². The maximum Gasteiger partial charge on any atom is 0.416 e. The lowest BCUT2D eigenvalue weighted by molar-refractivity contribution is -0.137. The second kappa shape index (κ2) is 12.4. The minimum Gasteiger partial charge on any atom is -0.325 e. The molecule has 0 aliphatic heterocycles. The molecule has 0 saturated carbocycles. The summed E-state index contributed by atoms with van der Waals surface area (Å²) in [5.41, 5.74) is 1.11. The second-order valence-corrected chi connectivity index (χ2v) is 7.90. The van der Waals surface area contributed by atoms with Gasteiger partial charge in [-0.05, 0) is 74.9 Å². The Kier molecular flexibility index (Phi) is 9.89. The van der Waals surface area contributed by atoms with E-state index >= 15 is 0 Å². The van der Waals surface area contributed by atoms with E-state index in [-0.39, 0.29) is 5.91 Å². The lowest BCUT2D eigenvalue weighted by atomic mass is 10.1. The molecular weight excluding hydrogens is 429 g/mol. The first-order valence-electron chi connectivity index (χ1n) is 11.1. The van der Waals surface area contributed by atoms with E-state index in [0.29, 0.717) is 24.3 Å². The Balaban J connectivity index is 2.10. The third-order valence-corrected chi connectivity index (χ3v) is 5.69. The number of carbonyl (C=O) groups is 1. The molecule has 1 unspecified atom stereocenters. The molecule has 0 fully saturated rings. The Hall–Kier alpha value is -2.89. The molecule has 5 nitrogen and oxygen atoms in total. The van der Waals surface area contributed by atoms with Crippen molar-refractivity contribution in [1.82, 2.24) is 9.80 Å². The van der Waals surface area contributed by atoms with Crippen LogP contribution < -0.4 is 5.32 Å². The van der Waals surface area contributed by atoms with Gasteiger partial charge in [0, 0.05) is 18.8 Å². The molecule has 33 heavy (non-hydrogen) atoms. The lowest BCUT2D eigenvalue weighted by Gasteiger charge is -2.29. The van der Waals surface area contributed by atoms with Crippen molar-refractivity contribution >= 4 is 11.6 Å². The summed E-state index contributed by atoms with van der Waals surface area (Å²) < 4.78 is 38.3. The van der Waals surface area contributed by atoms with Crippen molar-refractivity contribution in [1.29, 1.82) is 5.26 Å². The summed E-state index contributed by atoms with van der Waals surface area (Å²) in [5, 5.41) is 11.7. The molecule has 0 spiro atoms. The van der Waals surface area contributed by atoms with Crippen LogP contribution in [0.15, 0.2) is 48.5 Å². The maximum atomic E-state index is 12.9. The first-order chi connectivity index (χ1) is 15.7. The SMILES string of the molecule is CCN(CC)CCCN(Cc1ccc(C#N)cc1)C(C)C(=O)Nc1ccc(C(F)(F)F)cc1. The molecule has 178 valence electrons. The zero-order chi connectivity index (χ0) is 24.4. The molecule has 0 aliphatic carbocycles. The van der Waals surface area contributed by atoms with Gasteiger partial charge in [0.1, 0.15) is 0 Å². The molecule has 0 heterocycles. The summed E-state index contributed by atoms with van der Waals surface area (Å²) in [6.45, 7) is 10.0. The Bertz CT molecular complexity index is 917. The zero-order valence-corrected chi connectivity index (χ0v) is 19.3. The van der Waals surface area contributed by atoms with Crippen LogP contribution >= 0.6 is 0 Å². The van der Waals surface area contributed by atoms with Crippen molar-refractivity contribution in [3.63, 3.8) is 0 Å². The van der Waals surface area contributed by atoms with Gasteiger partial charge < -0.3 is 10.2 Å². The normalized spacial score (nSPS) is 12.6. The van der Waals surface area contributed by atoms with E-state index in [1.54, 1.807) is 19.1 Å². The molecule has 1 amide bonds. The summed E-state index contributed by atoms with van der Waals surface area (Å²) in [5.74, 6) is -0.286. The van der Waals surface area contributed by atoms with Crippen LogP contribution in [0.3, 0.4) is 0 Å². The van der Waals surface area contributed by atoms with Gasteiger partial charge in [-0.2, -0.15) is 18.4 Å². The molecule has 2 aromatic carbocycles. The number of rotatable bonds is 11. The third kappa shape index (κ3) is 8.19. The highest BCUT2D eigenvalue weighted by Gasteiger charge is 2.30. The Morgan fingerprint density at radius 1 is 1.03 bits per heavy atom. The summed E-state index contributed by atoms with van der Waals surface area (Å²) in [7, 11) is 0. The van der Waals surface area contributed by atoms with E-state index < -0.39 is 17.8 Å². The first kappa shape index (κ1) is 26.4. The number of carbonyl (C=O) groups excluding carboxylic acids is 1. The molecule has 2 aromatic rings. The molecule has 0 aliphatic rings. The lowest BCUT2D eigenvalue weighted by Crippen LogP contribution is -2.43. The van der Waals surface area contributed by atoms with Crippen molar-refractivity contribution < 1.29 is 18.0 Å². The quantitative estimate of drug-likeness (QED) is 0.505. The number of anilines is 1.